The highest BCUT2D eigenvalue weighted by molar-refractivity contribution is 7.26. The first-order valence-corrected chi connectivity index (χ1v) is 15.2. The van der Waals surface area contributed by atoms with Crippen molar-refractivity contribution in [3.63, 3.8) is 0 Å². The maximum Gasteiger partial charge on any atom is 0.236 e. The molecule has 0 spiro atoms. The van der Waals surface area contributed by atoms with Gasteiger partial charge in [-0.1, -0.05) is 103 Å². The molecule has 4 nitrogen and oxygen atoms in total. The Morgan fingerprint density at radius 1 is 0.558 bits per heavy atom. The van der Waals surface area contributed by atoms with Crippen molar-refractivity contribution in [2.45, 2.75) is 0 Å². The minimum absolute atomic E-state index is 0.633. The van der Waals surface area contributed by atoms with Gasteiger partial charge in [0, 0.05) is 41.9 Å². The fourth-order valence-corrected chi connectivity index (χ4v) is 7.88. The van der Waals surface area contributed by atoms with E-state index in [4.69, 9.17) is 14.4 Å². The number of thiophene rings is 1. The number of nitrogens with zero attached hydrogens (tertiary/aromatic N) is 3. The Balaban J connectivity index is 1.44. The second-order valence-electron chi connectivity index (χ2n) is 11.0. The molecule has 0 fully saturated rings. The van der Waals surface area contributed by atoms with Crippen LogP contribution in [0.25, 0.3) is 92.0 Å². The van der Waals surface area contributed by atoms with E-state index in [2.05, 4.69) is 114 Å². The molecular formula is C38H21N3OS. The molecular weight excluding hydrogens is 547 g/mol. The van der Waals surface area contributed by atoms with Gasteiger partial charge in [0.25, 0.3) is 0 Å². The summed E-state index contributed by atoms with van der Waals surface area (Å²) < 4.78 is 11.4. The van der Waals surface area contributed by atoms with Crippen LogP contribution in [0, 0.1) is 0 Å². The van der Waals surface area contributed by atoms with Gasteiger partial charge < -0.3 is 4.42 Å². The maximum atomic E-state index is 6.65. The van der Waals surface area contributed by atoms with Gasteiger partial charge >= 0.3 is 0 Å². The van der Waals surface area contributed by atoms with E-state index in [1.54, 1.807) is 11.3 Å². The van der Waals surface area contributed by atoms with Crippen LogP contribution >= 0.6 is 11.3 Å². The van der Waals surface area contributed by atoms with Gasteiger partial charge in [-0.3, -0.25) is 4.57 Å². The number of hydrogen-bond acceptors (Lipinski definition) is 4. The molecule has 0 N–H and O–H groups in total. The van der Waals surface area contributed by atoms with Crippen LogP contribution in [0.3, 0.4) is 0 Å². The largest absolute Gasteiger partial charge is 0.452 e. The molecule has 0 saturated heterocycles. The first-order valence-electron chi connectivity index (χ1n) is 14.3. The predicted octanol–water partition coefficient (Wildman–Crippen LogP) is 10.7. The Kier molecular flexibility index (Phi) is 4.57. The topological polar surface area (TPSA) is 43.9 Å². The highest BCUT2D eigenvalue weighted by Gasteiger charge is 2.23. The fraction of sp³-hybridized carbons (Fsp3) is 0. The van der Waals surface area contributed by atoms with Crippen molar-refractivity contribution in [3.05, 3.63) is 127 Å². The van der Waals surface area contributed by atoms with Crippen LogP contribution in [-0.4, -0.2) is 14.5 Å². The van der Waals surface area contributed by atoms with Crippen molar-refractivity contribution < 1.29 is 4.42 Å². The fourth-order valence-electron chi connectivity index (χ4n) is 6.76. The summed E-state index contributed by atoms with van der Waals surface area (Å²) in [6, 6.07) is 44.7. The molecule has 5 heteroatoms. The van der Waals surface area contributed by atoms with Gasteiger partial charge in [-0.15, -0.1) is 11.3 Å². The lowest BCUT2D eigenvalue weighted by atomic mass is 10.1. The summed E-state index contributed by atoms with van der Waals surface area (Å²) in [5.41, 5.74) is 6.32. The smallest absolute Gasteiger partial charge is 0.236 e. The molecule has 0 unspecified atom stereocenters. The third-order valence-corrected chi connectivity index (χ3v) is 9.75. The highest BCUT2D eigenvalue weighted by atomic mass is 32.1. The van der Waals surface area contributed by atoms with E-state index in [-0.39, 0.29) is 0 Å². The van der Waals surface area contributed by atoms with Gasteiger partial charge in [0.15, 0.2) is 5.58 Å². The normalized spacial score (nSPS) is 12.2. The van der Waals surface area contributed by atoms with Gasteiger partial charge in [-0.25, -0.2) is 9.97 Å². The van der Waals surface area contributed by atoms with Crippen LogP contribution in [0.15, 0.2) is 132 Å². The Labute approximate surface area is 249 Å². The molecule has 0 amide bonds. The molecule has 43 heavy (non-hydrogen) atoms. The van der Waals surface area contributed by atoms with Crippen LogP contribution < -0.4 is 0 Å². The molecule has 10 aromatic rings. The van der Waals surface area contributed by atoms with Crippen LogP contribution in [-0.2, 0) is 0 Å². The summed E-state index contributed by atoms with van der Waals surface area (Å²) >= 11 is 1.81. The average Bonchev–Trinajstić information content (AvgIpc) is 3.74. The summed E-state index contributed by atoms with van der Waals surface area (Å²) in [6.07, 6.45) is 0. The van der Waals surface area contributed by atoms with E-state index in [1.807, 2.05) is 18.2 Å². The van der Waals surface area contributed by atoms with Crippen molar-refractivity contribution in [3.8, 4) is 17.2 Å². The monoisotopic (exact) mass is 567 g/mol. The number of para-hydroxylation sites is 1. The molecule has 10 rings (SSSR count). The molecule has 0 atom stereocenters. The van der Waals surface area contributed by atoms with Gasteiger partial charge in [0.05, 0.1) is 16.4 Å². The number of aromatic nitrogens is 3. The van der Waals surface area contributed by atoms with Crippen molar-refractivity contribution in [1.82, 2.24) is 14.5 Å². The summed E-state index contributed by atoms with van der Waals surface area (Å²) in [5, 5.41) is 8.16. The van der Waals surface area contributed by atoms with E-state index in [0.29, 0.717) is 11.5 Å². The van der Waals surface area contributed by atoms with Gasteiger partial charge in [0.2, 0.25) is 5.95 Å². The molecule has 0 bridgehead atoms. The Hall–Kier alpha value is -5.52. The Bertz CT molecular complexity index is 2730. The van der Waals surface area contributed by atoms with Gasteiger partial charge in [-0.05, 0) is 29.7 Å². The number of rotatable bonds is 2. The molecule has 0 saturated carbocycles. The third kappa shape index (κ3) is 3.14. The second-order valence-corrected chi connectivity index (χ2v) is 12.0. The number of furan rings is 1. The molecule has 4 aromatic heterocycles. The van der Waals surface area contributed by atoms with E-state index in [1.165, 1.54) is 41.7 Å². The van der Waals surface area contributed by atoms with Gasteiger partial charge in [0.1, 0.15) is 16.8 Å². The minimum atomic E-state index is 0.633. The SMILES string of the molecule is c1ccc(-c2nc(-n3c4ccccc4c4ccc5ccccc5c43)nc3c2oc2ccc4sc5ccccc5c4c23)cc1. The van der Waals surface area contributed by atoms with E-state index >= 15 is 0 Å². The van der Waals surface area contributed by atoms with Crippen molar-refractivity contribution in [1.29, 1.82) is 0 Å². The maximum absolute atomic E-state index is 6.65. The lowest BCUT2D eigenvalue weighted by molar-refractivity contribution is 0.667. The first kappa shape index (κ1) is 23.1. The standard InChI is InChI=1S/C38H21N3OS/c1-2-11-23(12-3-1)34-37-35(33-29(42-37)20-21-31-32(33)27-15-7-9-17-30(27)43-31)40-38(39-34)41-28-16-8-6-14-25(28)26-19-18-22-10-4-5-13-24(22)36(26)41/h1-21H. The Morgan fingerprint density at radius 2 is 1.33 bits per heavy atom. The zero-order chi connectivity index (χ0) is 28.1. The number of benzene rings is 6. The lowest BCUT2D eigenvalue weighted by Crippen LogP contribution is -2.03. The van der Waals surface area contributed by atoms with Crippen LogP contribution in [0.2, 0.25) is 0 Å². The van der Waals surface area contributed by atoms with Crippen LogP contribution in [0.1, 0.15) is 0 Å². The molecule has 6 aromatic carbocycles. The van der Waals surface area contributed by atoms with E-state index < -0.39 is 0 Å². The van der Waals surface area contributed by atoms with Gasteiger partial charge in [-0.2, -0.15) is 0 Å². The Morgan fingerprint density at radius 3 is 2.23 bits per heavy atom. The van der Waals surface area contributed by atoms with Crippen molar-refractivity contribution in [2.75, 3.05) is 0 Å². The molecule has 0 aliphatic carbocycles. The molecule has 200 valence electrons. The second kappa shape index (κ2) is 8.51. The molecule has 0 aliphatic rings. The zero-order valence-electron chi connectivity index (χ0n) is 22.8. The quantitative estimate of drug-likeness (QED) is 0.209. The highest BCUT2D eigenvalue weighted by Crippen LogP contribution is 2.44. The van der Waals surface area contributed by atoms with Crippen LogP contribution in [0.4, 0.5) is 0 Å². The summed E-state index contributed by atoms with van der Waals surface area (Å²) in [4.78, 5) is 10.7. The minimum Gasteiger partial charge on any atom is -0.452 e. The molecule has 0 aliphatic heterocycles. The summed E-state index contributed by atoms with van der Waals surface area (Å²) in [7, 11) is 0. The number of fused-ring (bicyclic) bond motifs is 12. The van der Waals surface area contributed by atoms with E-state index in [0.717, 1.165) is 38.8 Å². The van der Waals surface area contributed by atoms with Crippen molar-refractivity contribution >= 4 is 86.2 Å². The third-order valence-electron chi connectivity index (χ3n) is 8.61. The first-order chi connectivity index (χ1) is 21.3. The predicted molar refractivity (Wildman–Crippen MR) is 179 cm³/mol. The summed E-state index contributed by atoms with van der Waals surface area (Å²) in [6.45, 7) is 0. The van der Waals surface area contributed by atoms with Crippen molar-refractivity contribution in [2.24, 2.45) is 0 Å². The zero-order valence-corrected chi connectivity index (χ0v) is 23.6. The average molecular weight is 568 g/mol. The molecule has 4 heterocycles. The lowest BCUT2D eigenvalue weighted by Gasteiger charge is -2.10. The number of hydrogen-bond donors (Lipinski definition) is 0. The van der Waals surface area contributed by atoms with Crippen LogP contribution in [0.5, 0.6) is 0 Å². The van der Waals surface area contributed by atoms with E-state index in [9.17, 15) is 0 Å². The summed E-state index contributed by atoms with van der Waals surface area (Å²) in [5.74, 6) is 0.633. The molecule has 0 radical (unpaired) electrons.